The summed E-state index contributed by atoms with van der Waals surface area (Å²) in [6, 6.07) is 22.3. The lowest BCUT2D eigenvalue weighted by molar-refractivity contribution is 0.135. The average molecular weight is 567 g/mol. The molecule has 0 saturated carbocycles. The van der Waals surface area contributed by atoms with Crippen molar-refractivity contribution in [2.45, 2.75) is 57.7 Å². The second-order valence-corrected chi connectivity index (χ2v) is 12.9. The number of benzene rings is 3. The number of aromatic nitrogens is 1. The number of aromatic amines is 1. The molecule has 1 aromatic heterocycles. The first-order valence-corrected chi connectivity index (χ1v) is 15.7. The van der Waals surface area contributed by atoms with Gasteiger partial charge in [0.2, 0.25) is 0 Å². The Hall–Kier alpha value is -3.64. The molecule has 2 heterocycles. The third-order valence-corrected chi connectivity index (χ3v) is 9.16. The summed E-state index contributed by atoms with van der Waals surface area (Å²) < 4.78 is 11.9. The Bertz CT molecular complexity index is 1550. The van der Waals surface area contributed by atoms with Gasteiger partial charge in [-0.05, 0) is 102 Å². The van der Waals surface area contributed by atoms with Crippen LogP contribution < -0.4 is 9.47 Å². The fourth-order valence-corrected chi connectivity index (χ4v) is 6.42. The molecule has 0 radical (unpaired) electrons. The van der Waals surface area contributed by atoms with Crippen LogP contribution in [0.2, 0.25) is 0 Å². The summed E-state index contributed by atoms with van der Waals surface area (Å²) in [5.41, 5.74) is 8.34. The number of aryl methyl sites for hydroxylation is 1. The van der Waals surface area contributed by atoms with E-state index in [9.17, 15) is 4.79 Å². The average Bonchev–Trinajstić information content (AvgIpc) is 3.31. The molecule has 1 atom stereocenters. The number of hydrogen-bond donors (Lipinski definition) is 1. The molecule has 0 bridgehead atoms. The first-order chi connectivity index (χ1) is 20.0. The maximum absolute atomic E-state index is 13.6. The molecule has 1 amide bonds. The molecule has 6 heteroatoms. The summed E-state index contributed by atoms with van der Waals surface area (Å²) in [4.78, 5) is 19.2. The highest BCUT2D eigenvalue weighted by Crippen LogP contribution is 2.41. The van der Waals surface area contributed by atoms with E-state index in [4.69, 9.17) is 9.47 Å². The van der Waals surface area contributed by atoms with Crippen LogP contribution in [0.15, 0.2) is 72.8 Å². The van der Waals surface area contributed by atoms with Gasteiger partial charge in [-0.2, -0.15) is 11.8 Å². The van der Waals surface area contributed by atoms with E-state index in [1.165, 1.54) is 22.1 Å². The van der Waals surface area contributed by atoms with E-state index in [0.29, 0.717) is 24.2 Å². The van der Waals surface area contributed by atoms with Crippen molar-refractivity contribution in [2.75, 3.05) is 18.9 Å². The summed E-state index contributed by atoms with van der Waals surface area (Å²) in [6.07, 6.45) is 6.07. The molecular weight excluding hydrogens is 528 g/mol. The van der Waals surface area contributed by atoms with E-state index in [1.54, 1.807) is 0 Å². The van der Waals surface area contributed by atoms with Gasteiger partial charge >= 0.3 is 6.09 Å². The normalized spacial score (nSPS) is 16.3. The Labute approximate surface area is 246 Å². The van der Waals surface area contributed by atoms with E-state index in [-0.39, 0.29) is 12.1 Å². The molecule has 1 aliphatic heterocycles. The molecule has 6 rings (SSSR count). The van der Waals surface area contributed by atoms with E-state index < -0.39 is 0 Å². The number of amides is 1. The van der Waals surface area contributed by atoms with Gasteiger partial charge in [0, 0.05) is 23.1 Å². The van der Waals surface area contributed by atoms with Crippen molar-refractivity contribution in [1.29, 1.82) is 0 Å². The fraction of sp³-hybridized carbons (Fsp3) is 0.343. The molecule has 0 fully saturated rings. The van der Waals surface area contributed by atoms with Gasteiger partial charge in [-0.3, -0.25) is 4.90 Å². The van der Waals surface area contributed by atoms with Gasteiger partial charge in [0.15, 0.2) is 0 Å². The molecule has 1 N–H and O–H groups in total. The number of fused-ring (bicyclic) bond motifs is 3. The molecule has 3 aromatic carbocycles. The van der Waals surface area contributed by atoms with Crippen molar-refractivity contribution < 1.29 is 14.3 Å². The third kappa shape index (κ3) is 6.03. The Morgan fingerprint density at radius 2 is 1.78 bits per heavy atom. The lowest BCUT2D eigenvalue weighted by atomic mass is 9.89. The molecule has 41 heavy (non-hydrogen) atoms. The summed E-state index contributed by atoms with van der Waals surface area (Å²) in [5, 5.41) is 1.89. The van der Waals surface area contributed by atoms with Gasteiger partial charge in [-0.15, -0.1) is 0 Å². The van der Waals surface area contributed by atoms with E-state index in [0.717, 1.165) is 59.5 Å². The highest BCUT2D eigenvalue weighted by molar-refractivity contribution is 7.99. The Morgan fingerprint density at radius 1 is 1.02 bits per heavy atom. The van der Waals surface area contributed by atoms with Gasteiger partial charge < -0.3 is 14.5 Å². The Balaban J connectivity index is 1.29. The number of nitrogens with zero attached hydrogens (tertiary/aromatic N) is 1. The molecule has 2 aliphatic rings. The third-order valence-electron chi connectivity index (χ3n) is 7.97. The molecule has 212 valence electrons. The van der Waals surface area contributed by atoms with Crippen LogP contribution in [0.4, 0.5) is 4.79 Å². The first kappa shape index (κ1) is 27.5. The molecule has 1 aliphatic carbocycles. The van der Waals surface area contributed by atoms with Crippen molar-refractivity contribution in [2.24, 2.45) is 0 Å². The van der Waals surface area contributed by atoms with Crippen molar-refractivity contribution in [3.05, 3.63) is 101 Å². The fourth-order valence-electron chi connectivity index (χ4n) is 5.66. The van der Waals surface area contributed by atoms with E-state index in [2.05, 4.69) is 55.2 Å². The van der Waals surface area contributed by atoms with Gasteiger partial charge in [-0.25, -0.2) is 4.79 Å². The summed E-state index contributed by atoms with van der Waals surface area (Å²) in [6.45, 7) is 7.74. The topological polar surface area (TPSA) is 54.6 Å². The second-order valence-electron chi connectivity index (χ2n) is 11.3. The number of carbonyl (C=O) groups is 1. The summed E-state index contributed by atoms with van der Waals surface area (Å²) >= 11 is 1.96. The number of nitrogens with one attached hydrogen (secondary N) is 1. The van der Waals surface area contributed by atoms with Crippen LogP contribution in [-0.2, 0) is 6.42 Å². The van der Waals surface area contributed by atoms with Crippen molar-refractivity contribution in [3.8, 4) is 11.5 Å². The Morgan fingerprint density at radius 3 is 2.49 bits per heavy atom. The number of allylic oxidation sites excluding steroid dienone is 2. The zero-order valence-electron chi connectivity index (χ0n) is 24.1. The molecule has 5 nitrogen and oxygen atoms in total. The maximum atomic E-state index is 13.6. The monoisotopic (exact) mass is 566 g/mol. The number of ether oxygens (including phenoxy) is 2. The SMILES string of the molecule is Cc1ccc(OC(=O)N2CCc3c([nH]c4ccc(C5=CCC5)cc34)C2c2ccc(OCCCSC(C)C)cc2)cc1. The lowest BCUT2D eigenvalue weighted by Crippen LogP contribution is -2.42. The number of carbonyl (C=O) groups excluding carboxylic acids is 1. The standard InChI is InChI=1S/C35H38N2O3S/c1-23(2)41-21-5-20-39-28-15-10-26(11-16-28)34-33-30(31-22-27(25-6-4-7-25)12-17-32(31)36-33)18-19-37(34)35(38)40-29-13-8-24(3)9-14-29/h6,8-17,22-23,34,36H,4-5,7,18-21H2,1-3H3. The van der Waals surface area contributed by atoms with Crippen LogP contribution in [0.3, 0.4) is 0 Å². The molecule has 1 unspecified atom stereocenters. The first-order valence-electron chi connectivity index (χ1n) is 14.7. The number of hydrogen-bond acceptors (Lipinski definition) is 4. The van der Waals surface area contributed by atoms with Gasteiger partial charge in [0.1, 0.15) is 17.5 Å². The highest BCUT2D eigenvalue weighted by Gasteiger charge is 2.36. The van der Waals surface area contributed by atoms with Crippen LogP contribution >= 0.6 is 11.8 Å². The highest BCUT2D eigenvalue weighted by atomic mass is 32.2. The van der Waals surface area contributed by atoms with Crippen molar-refractivity contribution in [3.63, 3.8) is 0 Å². The van der Waals surface area contributed by atoms with Crippen LogP contribution in [0.5, 0.6) is 11.5 Å². The van der Waals surface area contributed by atoms with E-state index >= 15 is 0 Å². The zero-order valence-corrected chi connectivity index (χ0v) is 24.9. The maximum Gasteiger partial charge on any atom is 0.416 e. The molecule has 0 spiro atoms. The van der Waals surface area contributed by atoms with Crippen molar-refractivity contribution in [1.82, 2.24) is 9.88 Å². The lowest BCUT2D eigenvalue weighted by Gasteiger charge is -2.35. The van der Waals surface area contributed by atoms with Gasteiger partial charge in [-0.1, -0.05) is 55.8 Å². The van der Waals surface area contributed by atoms with Crippen LogP contribution in [0, 0.1) is 6.92 Å². The minimum absolute atomic E-state index is 0.285. The predicted octanol–water partition coefficient (Wildman–Crippen LogP) is 8.71. The summed E-state index contributed by atoms with van der Waals surface area (Å²) in [5.74, 6) is 2.50. The van der Waals surface area contributed by atoms with E-state index in [1.807, 2.05) is 60.0 Å². The zero-order chi connectivity index (χ0) is 28.3. The smallest absolute Gasteiger partial charge is 0.416 e. The predicted molar refractivity (Wildman–Crippen MR) is 169 cm³/mol. The quantitative estimate of drug-likeness (QED) is 0.206. The van der Waals surface area contributed by atoms with Crippen LogP contribution in [-0.4, -0.2) is 40.1 Å². The number of thioether (sulfide) groups is 1. The number of H-pyrrole nitrogens is 1. The minimum atomic E-state index is -0.341. The van der Waals surface area contributed by atoms with Crippen LogP contribution in [0.25, 0.3) is 16.5 Å². The molecular formula is C35H38N2O3S. The molecule has 4 aromatic rings. The Kier molecular flexibility index (Phi) is 8.11. The largest absolute Gasteiger partial charge is 0.494 e. The second kappa shape index (κ2) is 12.1. The number of rotatable bonds is 9. The van der Waals surface area contributed by atoms with Crippen LogP contribution in [0.1, 0.15) is 67.1 Å². The van der Waals surface area contributed by atoms with Crippen molar-refractivity contribution >= 4 is 34.3 Å². The molecule has 0 saturated heterocycles. The summed E-state index contributed by atoms with van der Waals surface area (Å²) in [7, 11) is 0. The van der Waals surface area contributed by atoms with Gasteiger partial charge in [0.05, 0.1) is 6.61 Å². The van der Waals surface area contributed by atoms with Gasteiger partial charge in [0.25, 0.3) is 0 Å². The minimum Gasteiger partial charge on any atom is -0.494 e.